The first-order valence-corrected chi connectivity index (χ1v) is 6.83. The molecule has 7 nitrogen and oxygen atoms in total. The summed E-state index contributed by atoms with van der Waals surface area (Å²) in [6.45, 7) is 3.52. The number of amides is 2. The van der Waals surface area contributed by atoms with E-state index in [2.05, 4.69) is 4.90 Å². The lowest BCUT2D eigenvalue weighted by molar-refractivity contribution is -0.145. The normalized spacial score (nSPS) is 17.8. The standard InChI is InChI=1S/C14H17N3O4/c15-13(18)14(19)17-5-3-16(4-6-17)8-10-1-2-11-12(7-10)21-9-20-11/h1-2,7H,3-6,8-9H2,(H2,15,18). The topological polar surface area (TPSA) is 85.1 Å². The molecule has 2 N–H and O–H groups in total. The van der Waals surface area contributed by atoms with Gasteiger partial charge in [0.05, 0.1) is 0 Å². The van der Waals surface area contributed by atoms with Crippen molar-refractivity contribution in [2.75, 3.05) is 33.0 Å². The maximum atomic E-state index is 11.5. The summed E-state index contributed by atoms with van der Waals surface area (Å²) in [5.74, 6) is 0.0580. The average Bonchev–Trinajstić information content (AvgIpc) is 2.95. The van der Waals surface area contributed by atoms with Crippen molar-refractivity contribution >= 4 is 11.8 Å². The monoisotopic (exact) mass is 291 g/mol. The molecule has 0 atom stereocenters. The van der Waals surface area contributed by atoms with Crippen molar-refractivity contribution in [3.05, 3.63) is 23.8 Å². The fraction of sp³-hybridized carbons (Fsp3) is 0.429. The maximum absolute atomic E-state index is 11.5. The van der Waals surface area contributed by atoms with E-state index in [0.717, 1.165) is 23.6 Å². The van der Waals surface area contributed by atoms with Gasteiger partial charge in [-0.1, -0.05) is 6.07 Å². The van der Waals surface area contributed by atoms with Crippen LogP contribution < -0.4 is 15.2 Å². The van der Waals surface area contributed by atoms with Gasteiger partial charge in [-0.05, 0) is 17.7 Å². The number of primary amides is 1. The zero-order chi connectivity index (χ0) is 14.8. The number of fused-ring (bicyclic) bond motifs is 1. The Morgan fingerprint density at radius 2 is 1.81 bits per heavy atom. The van der Waals surface area contributed by atoms with Crippen molar-refractivity contribution in [1.29, 1.82) is 0 Å². The minimum atomic E-state index is -0.890. The summed E-state index contributed by atoms with van der Waals surface area (Å²) in [6.07, 6.45) is 0. The lowest BCUT2D eigenvalue weighted by Crippen LogP contribution is -2.51. The van der Waals surface area contributed by atoms with Gasteiger partial charge in [0.2, 0.25) is 6.79 Å². The Balaban J connectivity index is 1.56. The molecule has 2 heterocycles. The summed E-state index contributed by atoms with van der Waals surface area (Å²) in [6, 6.07) is 5.89. The number of benzene rings is 1. The molecule has 112 valence electrons. The lowest BCUT2D eigenvalue weighted by Gasteiger charge is -2.34. The largest absolute Gasteiger partial charge is 0.454 e. The van der Waals surface area contributed by atoms with E-state index in [4.69, 9.17) is 15.2 Å². The second kappa shape index (κ2) is 5.61. The van der Waals surface area contributed by atoms with E-state index in [1.165, 1.54) is 4.90 Å². The zero-order valence-corrected chi connectivity index (χ0v) is 11.6. The van der Waals surface area contributed by atoms with Gasteiger partial charge in [0.15, 0.2) is 11.5 Å². The van der Waals surface area contributed by atoms with Crippen LogP contribution in [-0.4, -0.2) is 54.6 Å². The number of carbonyl (C=O) groups is 2. The molecule has 2 aliphatic rings. The highest BCUT2D eigenvalue weighted by Gasteiger charge is 2.24. The number of piperazine rings is 1. The lowest BCUT2D eigenvalue weighted by atomic mass is 10.1. The molecule has 0 aliphatic carbocycles. The summed E-state index contributed by atoms with van der Waals surface area (Å²) >= 11 is 0. The van der Waals surface area contributed by atoms with Gasteiger partial charge in [-0.2, -0.15) is 0 Å². The molecule has 7 heteroatoms. The van der Waals surface area contributed by atoms with Crippen LogP contribution in [-0.2, 0) is 16.1 Å². The molecule has 0 spiro atoms. The van der Waals surface area contributed by atoms with Gasteiger partial charge in [0.25, 0.3) is 0 Å². The number of rotatable bonds is 2. The highest BCUT2D eigenvalue weighted by molar-refractivity contribution is 6.34. The van der Waals surface area contributed by atoms with Gasteiger partial charge >= 0.3 is 11.8 Å². The first-order valence-electron chi connectivity index (χ1n) is 6.83. The quantitative estimate of drug-likeness (QED) is 0.746. The Kier molecular flexibility index (Phi) is 3.66. The number of hydrogen-bond donors (Lipinski definition) is 1. The fourth-order valence-electron chi connectivity index (χ4n) is 2.56. The first kappa shape index (κ1) is 13.7. The Morgan fingerprint density at radius 1 is 1.10 bits per heavy atom. The van der Waals surface area contributed by atoms with Crippen LogP contribution in [0.15, 0.2) is 18.2 Å². The minimum Gasteiger partial charge on any atom is -0.454 e. The van der Waals surface area contributed by atoms with E-state index in [9.17, 15) is 9.59 Å². The molecular formula is C14H17N3O4. The number of carbonyl (C=O) groups excluding carboxylic acids is 2. The van der Waals surface area contributed by atoms with E-state index >= 15 is 0 Å². The summed E-state index contributed by atoms with van der Waals surface area (Å²) in [7, 11) is 0. The van der Waals surface area contributed by atoms with Crippen molar-refractivity contribution in [2.45, 2.75) is 6.54 Å². The highest BCUT2D eigenvalue weighted by Crippen LogP contribution is 2.32. The van der Waals surface area contributed by atoms with Gasteiger partial charge < -0.3 is 20.1 Å². The van der Waals surface area contributed by atoms with Crippen LogP contribution in [0.3, 0.4) is 0 Å². The third kappa shape index (κ3) is 2.92. The zero-order valence-electron chi connectivity index (χ0n) is 11.6. The molecule has 0 unspecified atom stereocenters. The fourth-order valence-corrected chi connectivity index (χ4v) is 2.56. The van der Waals surface area contributed by atoms with Crippen molar-refractivity contribution in [3.63, 3.8) is 0 Å². The van der Waals surface area contributed by atoms with E-state index in [0.29, 0.717) is 26.2 Å². The van der Waals surface area contributed by atoms with Crippen LogP contribution in [0.25, 0.3) is 0 Å². The Labute approximate surface area is 122 Å². The second-order valence-corrected chi connectivity index (χ2v) is 5.12. The summed E-state index contributed by atoms with van der Waals surface area (Å²) in [5.41, 5.74) is 6.14. The summed E-state index contributed by atoms with van der Waals surface area (Å²) in [5, 5.41) is 0. The van der Waals surface area contributed by atoms with Crippen molar-refractivity contribution in [3.8, 4) is 11.5 Å². The van der Waals surface area contributed by atoms with E-state index in [1.807, 2.05) is 18.2 Å². The van der Waals surface area contributed by atoms with E-state index in [-0.39, 0.29) is 6.79 Å². The van der Waals surface area contributed by atoms with Gasteiger partial charge in [0, 0.05) is 32.7 Å². The number of ether oxygens (including phenoxy) is 2. The smallest absolute Gasteiger partial charge is 0.311 e. The third-order valence-electron chi connectivity index (χ3n) is 3.71. The van der Waals surface area contributed by atoms with Crippen LogP contribution in [0.2, 0.25) is 0 Å². The molecule has 1 aromatic rings. The first-order chi connectivity index (χ1) is 10.1. The molecule has 0 aromatic heterocycles. The molecule has 2 amide bonds. The molecule has 2 aliphatic heterocycles. The predicted octanol–water partition coefficient (Wildman–Crippen LogP) is -0.455. The molecule has 0 saturated carbocycles. The Hall–Kier alpha value is -2.28. The molecule has 1 fully saturated rings. The SMILES string of the molecule is NC(=O)C(=O)N1CCN(Cc2ccc3c(c2)OCO3)CC1. The second-order valence-electron chi connectivity index (χ2n) is 5.12. The van der Waals surface area contributed by atoms with Crippen LogP contribution in [0.1, 0.15) is 5.56 Å². The summed E-state index contributed by atoms with van der Waals surface area (Å²) in [4.78, 5) is 26.1. The van der Waals surface area contributed by atoms with Crippen molar-refractivity contribution in [2.24, 2.45) is 5.73 Å². The molecule has 3 rings (SSSR count). The number of hydrogen-bond acceptors (Lipinski definition) is 5. The summed E-state index contributed by atoms with van der Waals surface area (Å²) < 4.78 is 10.6. The third-order valence-corrected chi connectivity index (χ3v) is 3.71. The van der Waals surface area contributed by atoms with E-state index < -0.39 is 11.8 Å². The van der Waals surface area contributed by atoms with Gasteiger partial charge in [0.1, 0.15) is 0 Å². The molecule has 0 radical (unpaired) electrons. The average molecular weight is 291 g/mol. The molecule has 21 heavy (non-hydrogen) atoms. The molecule has 1 saturated heterocycles. The number of nitrogens with two attached hydrogens (primary N) is 1. The van der Waals surface area contributed by atoms with Crippen LogP contribution in [0, 0.1) is 0 Å². The van der Waals surface area contributed by atoms with Gasteiger partial charge in [-0.25, -0.2) is 0 Å². The van der Waals surface area contributed by atoms with Gasteiger partial charge in [-0.3, -0.25) is 14.5 Å². The van der Waals surface area contributed by atoms with E-state index in [1.54, 1.807) is 0 Å². The molecular weight excluding hydrogens is 274 g/mol. The minimum absolute atomic E-state index is 0.271. The van der Waals surface area contributed by atoms with Gasteiger partial charge in [-0.15, -0.1) is 0 Å². The van der Waals surface area contributed by atoms with Crippen LogP contribution in [0.5, 0.6) is 11.5 Å². The number of nitrogens with zero attached hydrogens (tertiary/aromatic N) is 2. The highest BCUT2D eigenvalue weighted by atomic mass is 16.7. The Bertz CT molecular complexity index is 567. The molecule has 1 aromatic carbocycles. The maximum Gasteiger partial charge on any atom is 0.311 e. The predicted molar refractivity (Wildman–Crippen MR) is 73.6 cm³/mol. The van der Waals surface area contributed by atoms with Crippen molar-refractivity contribution in [1.82, 2.24) is 9.80 Å². The Morgan fingerprint density at radius 3 is 2.52 bits per heavy atom. The molecule has 0 bridgehead atoms. The van der Waals surface area contributed by atoms with Crippen molar-refractivity contribution < 1.29 is 19.1 Å². The van der Waals surface area contributed by atoms with Crippen LogP contribution >= 0.6 is 0 Å². The van der Waals surface area contributed by atoms with Crippen LogP contribution in [0.4, 0.5) is 0 Å².